The molecule has 97 valence electrons. The van der Waals surface area contributed by atoms with Crippen LogP contribution in [0.5, 0.6) is 0 Å². The predicted octanol–water partition coefficient (Wildman–Crippen LogP) is 5.34. The summed E-state index contributed by atoms with van der Waals surface area (Å²) < 4.78 is 13.2. The van der Waals surface area contributed by atoms with Gasteiger partial charge in [0.15, 0.2) is 0 Å². The minimum atomic E-state index is -2.06. The highest BCUT2D eigenvalue weighted by molar-refractivity contribution is 7.65. The van der Waals surface area contributed by atoms with Crippen molar-refractivity contribution in [3.8, 4) is 0 Å². The number of hydrogen-bond acceptors (Lipinski definition) is 1. The van der Waals surface area contributed by atoms with Crippen LogP contribution in [0.15, 0.2) is 0 Å². The molecule has 1 nitrogen and oxygen atoms in total. The summed E-state index contributed by atoms with van der Waals surface area (Å²) in [6, 6.07) is 0. The average molecular weight is 245 g/mol. The van der Waals surface area contributed by atoms with Crippen molar-refractivity contribution in [3.63, 3.8) is 0 Å². The lowest BCUT2D eigenvalue weighted by atomic mass is 10.2. The SMILES string of the molecule is [CH2]CP(=O)(C(CC)CCC)C(CC)CCC. The molecule has 0 aromatic rings. The first kappa shape index (κ1) is 16.2. The van der Waals surface area contributed by atoms with Gasteiger partial charge in [-0.25, -0.2) is 0 Å². The third-order valence-corrected chi connectivity index (χ3v) is 8.19. The van der Waals surface area contributed by atoms with Gasteiger partial charge in [-0.15, -0.1) is 0 Å². The molecule has 16 heavy (non-hydrogen) atoms. The Labute approximate surface area is 103 Å². The zero-order valence-corrected chi connectivity index (χ0v) is 12.6. The Bertz CT molecular complexity index is 195. The summed E-state index contributed by atoms with van der Waals surface area (Å²) in [7, 11) is -2.06. The Hall–Kier alpha value is 0.230. The van der Waals surface area contributed by atoms with Gasteiger partial charge in [0.05, 0.1) is 7.14 Å². The maximum absolute atomic E-state index is 13.2. The monoisotopic (exact) mass is 245 g/mol. The maximum Gasteiger partial charge on any atom is 0.0935 e. The average Bonchev–Trinajstić information content (AvgIpc) is 2.31. The van der Waals surface area contributed by atoms with Gasteiger partial charge in [-0.3, -0.25) is 0 Å². The van der Waals surface area contributed by atoms with E-state index in [0.29, 0.717) is 17.5 Å². The van der Waals surface area contributed by atoms with Crippen molar-refractivity contribution in [2.24, 2.45) is 0 Å². The summed E-state index contributed by atoms with van der Waals surface area (Å²) in [5.41, 5.74) is 0.845. The van der Waals surface area contributed by atoms with E-state index in [0.717, 1.165) is 38.5 Å². The first-order chi connectivity index (χ1) is 7.60. The van der Waals surface area contributed by atoms with E-state index in [1.807, 2.05) is 0 Å². The largest absolute Gasteiger partial charge is 0.323 e. The zero-order chi connectivity index (χ0) is 12.6. The first-order valence-electron chi connectivity index (χ1n) is 6.98. The van der Waals surface area contributed by atoms with Crippen LogP contribution in [0, 0.1) is 6.92 Å². The van der Waals surface area contributed by atoms with Gasteiger partial charge in [-0.1, -0.05) is 40.5 Å². The van der Waals surface area contributed by atoms with Crippen LogP contribution in [0.4, 0.5) is 0 Å². The van der Waals surface area contributed by atoms with E-state index in [9.17, 15) is 4.57 Å². The third-order valence-electron chi connectivity index (χ3n) is 3.77. The molecular formula is C14H30OP. The standard InChI is InChI=1S/C14H30OP/c1-6-11-13(8-3)16(15,10-5)14(9-4)12-7-2/h13-14H,5-12H2,1-4H3. The summed E-state index contributed by atoms with van der Waals surface area (Å²) >= 11 is 0. The van der Waals surface area contributed by atoms with Crippen molar-refractivity contribution in [2.75, 3.05) is 6.16 Å². The first-order valence-corrected chi connectivity index (χ1v) is 9.01. The van der Waals surface area contributed by atoms with Crippen LogP contribution in [-0.4, -0.2) is 17.5 Å². The summed E-state index contributed by atoms with van der Waals surface area (Å²) in [5.74, 6) is 0. The molecule has 0 aromatic carbocycles. The molecule has 0 aliphatic rings. The van der Waals surface area contributed by atoms with Crippen LogP contribution >= 0.6 is 7.14 Å². The lowest BCUT2D eigenvalue weighted by Crippen LogP contribution is -2.20. The quantitative estimate of drug-likeness (QED) is 0.501. The van der Waals surface area contributed by atoms with Gasteiger partial charge in [-0.05, 0) is 32.6 Å². The number of rotatable bonds is 9. The molecule has 2 atom stereocenters. The maximum atomic E-state index is 13.2. The van der Waals surface area contributed by atoms with Crippen molar-refractivity contribution in [2.45, 2.75) is 77.5 Å². The molecule has 0 aromatic heterocycles. The summed E-state index contributed by atoms with van der Waals surface area (Å²) in [6.45, 7) is 12.7. The second-order valence-electron chi connectivity index (χ2n) is 4.78. The minimum absolute atomic E-state index is 0.423. The van der Waals surface area contributed by atoms with E-state index < -0.39 is 7.14 Å². The van der Waals surface area contributed by atoms with E-state index in [2.05, 4.69) is 34.6 Å². The fraction of sp³-hybridized carbons (Fsp3) is 0.929. The van der Waals surface area contributed by atoms with Gasteiger partial charge in [0.1, 0.15) is 0 Å². The normalized spacial score (nSPS) is 19.1. The van der Waals surface area contributed by atoms with E-state index >= 15 is 0 Å². The van der Waals surface area contributed by atoms with E-state index in [4.69, 9.17) is 0 Å². The zero-order valence-electron chi connectivity index (χ0n) is 11.7. The second-order valence-corrected chi connectivity index (χ2v) is 8.40. The molecule has 2 unspecified atom stereocenters. The Morgan fingerprint density at radius 2 is 1.31 bits per heavy atom. The van der Waals surface area contributed by atoms with Crippen LogP contribution in [0.25, 0.3) is 0 Å². The van der Waals surface area contributed by atoms with E-state index in [1.54, 1.807) is 0 Å². The van der Waals surface area contributed by atoms with Crippen LogP contribution in [0.3, 0.4) is 0 Å². The van der Waals surface area contributed by atoms with Crippen LogP contribution in [-0.2, 0) is 4.57 Å². The second kappa shape index (κ2) is 8.34. The smallest absolute Gasteiger partial charge is 0.0935 e. The molecular weight excluding hydrogens is 215 g/mol. The highest BCUT2D eigenvalue weighted by atomic mass is 31.2. The van der Waals surface area contributed by atoms with Gasteiger partial charge >= 0.3 is 0 Å². The third kappa shape index (κ3) is 3.91. The van der Waals surface area contributed by atoms with Gasteiger partial charge in [0, 0.05) is 17.5 Å². The molecule has 0 N–H and O–H groups in total. The topological polar surface area (TPSA) is 17.1 Å². The molecule has 2 heteroatoms. The van der Waals surface area contributed by atoms with Crippen LogP contribution in [0.1, 0.15) is 66.2 Å². The van der Waals surface area contributed by atoms with E-state index in [-0.39, 0.29) is 0 Å². The Kier molecular flexibility index (Phi) is 8.46. The van der Waals surface area contributed by atoms with Crippen molar-refractivity contribution in [1.29, 1.82) is 0 Å². The predicted molar refractivity (Wildman–Crippen MR) is 75.8 cm³/mol. The summed E-state index contributed by atoms with van der Waals surface area (Å²) in [4.78, 5) is 0. The van der Waals surface area contributed by atoms with Crippen LogP contribution in [0.2, 0.25) is 0 Å². The van der Waals surface area contributed by atoms with Crippen molar-refractivity contribution in [3.05, 3.63) is 6.92 Å². The Balaban J connectivity index is 4.89. The van der Waals surface area contributed by atoms with E-state index in [1.165, 1.54) is 0 Å². The molecule has 0 heterocycles. The molecule has 0 fully saturated rings. The fourth-order valence-electron chi connectivity index (χ4n) is 2.79. The molecule has 0 aliphatic heterocycles. The molecule has 1 radical (unpaired) electrons. The Morgan fingerprint density at radius 3 is 1.50 bits per heavy atom. The lowest BCUT2D eigenvalue weighted by molar-refractivity contribution is 0.530. The van der Waals surface area contributed by atoms with Gasteiger partial charge in [-0.2, -0.15) is 0 Å². The van der Waals surface area contributed by atoms with Gasteiger partial charge < -0.3 is 4.57 Å². The molecule has 0 amide bonds. The van der Waals surface area contributed by atoms with Crippen molar-refractivity contribution < 1.29 is 4.57 Å². The molecule has 0 aliphatic carbocycles. The number of hydrogen-bond donors (Lipinski definition) is 0. The highest BCUT2D eigenvalue weighted by Gasteiger charge is 2.35. The summed E-state index contributed by atoms with van der Waals surface area (Å²) in [6.07, 6.45) is 7.29. The Morgan fingerprint density at radius 1 is 0.938 bits per heavy atom. The van der Waals surface area contributed by atoms with Crippen LogP contribution < -0.4 is 0 Å². The molecule has 0 rings (SSSR count). The molecule has 0 saturated heterocycles. The highest BCUT2D eigenvalue weighted by Crippen LogP contribution is 2.59. The summed E-state index contributed by atoms with van der Waals surface area (Å²) in [5, 5.41) is 0. The fourth-order valence-corrected chi connectivity index (χ4v) is 6.75. The van der Waals surface area contributed by atoms with Crippen molar-refractivity contribution in [1.82, 2.24) is 0 Å². The van der Waals surface area contributed by atoms with Gasteiger partial charge in [0.25, 0.3) is 0 Å². The molecule has 0 spiro atoms. The van der Waals surface area contributed by atoms with Crippen molar-refractivity contribution >= 4 is 7.14 Å². The minimum Gasteiger partial charge on any atom is -0.323 e. The lowest BCUT2D eigenvalue weighted by Gasteiger charge is -2.33. The molecule has 0 bridgehead atoms. The van der Waals surface area contributed by atoms with Gasteiger partial charge in [0.2, 0.25) is 0 Å². The molecule has 0 saturated carbocycles.